The minimum Gasteiger partial charge on any atom is -0.350 e. The van der Waals surface area contributed by atoms with Crippen molar-refractivity contribution in [3.05, 3.63) is 108 Å². The number of amides is 1. The summed E-state index contributed by atoms with van der Waals surface area (Å²) in [7, 11) is 0. The SMILES string of the molecule is O=C(Cn1ccc2c(-c3ccnc(Nc4cccc(Cl)c4)n3)cccc21)NCc1ccccc1. The summed E-state index contributed by atoms with van der Waals surface area (Å²) >= 11 is 6.08. The number of nitrogens with zero attached hydrogens (tertiary/aromatic N) is 3. The standard InChI is InChI=1S/C27H22ClN5O/c28-20-8-4-9-21(16-20)31-27-29-14-12-24(32-27)22-10-5-11-25-23(22)13-15-33(25)18-26(34)30-17-19-6-2-1-3-7-19/h1-16H,17-18H2,(H,30,34)(H,29,31,32). The Morgan fingerprint density at radius 1 is 0.941 bits per heavy atom. The van der Waals surface area contributed by atoms with E-state index in [1.54, 1.807) is 6.20 Å². The van der Waals surface area contributed by atoms with E-state index >= 15 is 0 Å². The summed E-state index contributed by atoms with van der Waals surface area (Å²) in [5.74, 6) is 0.443. The maximum atomic E-state index is 12.6. The van der Waals surface area contributed by atoms with Gasteiger partial charge in [-0.25, -0.2) is 9.97 Å². The van der Waals surface area contributed by atoms with Crippen molar-refractivity contribution in [1.82, 2.24) is 19.9 Å². The molecule has 2 heterocycles. The first-order chi connectivity index (χ1) is 16.7. The van der Waals surface area contributed by atoms with Gasteiger partial charge in [0.1, 0.15) is 6.54 Å². The minimum atomic E-state index is -0.0400. The first kappa shape index (κ1) is 21.7. The quantitative estimate of drug-likeness (QED) is 0.317. The molecule has 2 N–H and O–H groups in total. The highest BCUT2D eigenvalue weighted by atomic mass is 35.5. The average Bonchev–Trinajstić information content (AvgIpc) is 3.26. The fraction of sp³-hybridized carbons (Fsp3) is 0.0741. The molecule has 2 aromatic heterocycles. The summed E-state index contributed by atoms with van der Waals surface area (Å²) in [6, 6.07) is 27.2. The zero-order chi connectivity index (χ0) is 23.3. The lowest BCUT2D eigenvalue weighted by Crippen LogP contribution is -2.26. The summed E-state index contributed by atoms with van der Waals surface area (Å²) in [6.45, 7) is 0.749. The minimum absolute atomic E-state index is 0.0400. The van der Waals surface area contributed by atoms with Crippen molar-refractivity contribution in [1.29, 1.82) is 0 Å². The summed E-state index contributed by atoms with van der Waals surface area (Å²) in [4.78, 5) is 21.6. The first-order valence-corrected chi connectivity index (χ1v) is 11.3. The van der Waals surface area contributed by atoms with E-state index in [2.05, 4.69) is 15.6 Å². The zero-order valence-corrected chi connectivity index (χ0v) is 19.0. The van der Waals surface area contributed by atoms with E-state index in [1.165, 1.54) is 0 Å². The molecule has 0 atom stereocenters. The Kier molecular flexibility index (Phi) is 6.23. The Morgan fingerprint density at radius 2 is 1.79 bits per heavy atom. The molecular weight excluding hydrogens is 446 g/mol. The second-order valence-corrected chi connectivity index (χ2v) is 8.28. The molecule has 7 heteroatoms. The third kappa shape index (κ3) is 4.92. The van der Waals surface area contributed by atoms with Crippen LogP contribution in [0.4, 0.5) is 11.6 Å². The van der Waals surface area contributed by atoms with Gasteiger partial charge in [-0.2, -0.15) is 0 Å². The van der Waals surface area contributed by atoms with Crippen LogP contribution in [-0.2, 0) is 17.9 Å². The van der Waals surface area contributed by atoms with Gasteiger partial charge in [0.2, 0.25) is 11.9 Å². The van der Waals surface area contributed by atoms with Gasteiger partial charge < -0.3 is 15.2 Å². The summed E-state index contributed by atoms with van der Waals surface area (Å²) < 4.78 is 1.95. The van der Waals surface area contributed by atoms with Gasteiger partial charge in [0.25, 0.3) is 0 Å². The molecule has 0 fully saturated rings. The topological polar surface area (TPSA) is 71.8 Å². The van der Waals surface area contributed by atoms with Crippen LogP contribution in [0.5, 0.6) is 0 Å². The van der Waals surface area contributed by atoms with Crippen LogP contribution >= 0.6 is 11.6 Å². The Bertz CT molecular complexity index is 1450. The Balaban J connectivity index is 1.36. The van der Waals surface area contributed by atoms with Crippen LogP contribution in [-0.4, -0.2) is 20.4 Å². The summed E-state index contributed by atoms with van der Waals surface area (Å²) in [5.41, 5.74) is 4.61. The Morgan fingerprint density at radius 3 is 2.65 bits per heavy atom. The molecule has 0 aliphatic carbocycles. The number of carbonyl (C=O) groups is 1. The van der Waals surface area contributed by atoms with Gasteiger partial charge in [0.05, 0.1) is 5.69 Å². The normalized spacial score (nSPS) is 10.9. The highest BCUT2D eigenvalue weighted by Crippen LogP contribution is 2.29. The maximum Gasteiger partial charge on any atom is 0.240 e. The number of halogens is 1. The van der Waals surface area contributed by atoms with Crippen molar-refractivity contribution in [2.24, 2.45) is 0 Å². The fourth-order valence-corrected chi connectivity index (χ4v) is 4.05. The molecule has 5 aromatic rings. The smallest absolute Gasteiger partial charge is 0.240 e. The van der Waals surface area contributed by atoms with Crippen LogP contribution in [0.15, 0.2) is 97.3 Å². The molecule has 3 aromatic carbocycles. The number of benzene rings is 3. The number of fused-ring (bicyclic) bond motifs is 1. The van der Waals surface area contributed by atoms with Crippen molar-refractivity contribution in [3.8, 4) is 11.3 Å². The highest BCUT2D eigenvalue weighted by molar-refractivity contribution is 6.30. The molecule has 0 radical (unpaired) electrons. The lowest BCUT2D eigenvalue weighted by atomic mass is 10.1. The van der Waals surface area contributed by atoms with Gasteiger partial charge in [0, 0.05) is 46.1 Å². The van der Waals surface area contributed by atoms with Gasteiger partial charge in [-0.05, 0) is 42.0 Å². The fourth-order valence-electron chi connectivity index (χ4n) is 3.86. The molecule has 0 aliphatic rings. The Labute approximate surface area is 202 Å². The molecule has 0 saturated heterocycles. The predicted molar refractivity (Wildman–Crippen MR) is 136 cm³/mol. The van der Waals surface area contributed by atoms with Crippen LogP contribution in [0.3, 0.4) is 0 Å². The molecule has 0 saturated carbocycles. The number of anilines is 2. The number of carbonyl (C=O) groups excluding carboxylic acids is 1. The molecule has 0 spiro atoms. The average molecular weight is 468 g/mol. The van der Waals surface area contributed by atoms with E-state index in [9.17, 15) is 4.79 Å². The largest absolute Gasteiger partial charge is 0.350 e. The monoisotopic (exact) mass is 467 g/mol. The number of hydrogen-bond donors (Lipinski definition) is 2. The van der Waals surface area contributed by atoms with Gasteiger partial charge in [0.15, 0.2) is 0 Å². The van der Waals surface area contributed by atoms with Crippen LogP contribution < -0.4 is 10.6 Å². The van der Waals surface area contributed by atoms with E-state index in [1.807, 2.05) is 95.7 Å². The molecular formula is C27H22ClN5O. The molecule has 5 rings (SSSR count). The maximum absolute atomic E-state index is 12.6. The van der Waals surface area contributed by atoms with Crippen LogP contribution in [0.25, 0.3) is 22.2 Å². The van der Waals surface area contributed by atoms with Crippen molar-refractivity contribution in [2.75, 3.05) is 5.32 Å². The number of aromatic nitrogens is 3. The van der Waals surface area contributed by atoms with E-state index in [-0.39, 0.29) is 12.5 Å². The predicted octanol–water partition coefficient (Wildman–Crippen LogP) is 5.81. The van der Waals surface area contributed by atoms with E-state index in [4.69, 9.17) is 16.6 Å². The number of nitrogens with one attached hydrogen (secondary N) is 2. The van der Waals surface area contributed by atoms with Crippen molar-refractivity contribution < 1.29 is 4.79 Å². The van der Waals surface area contributed by atoms with Crippen LogP contribution in [0, 0.1) is 0 Å². The molecule has 0 aliphatic heterocycles. The van der Waals surface area contributed by atoms with Gasteiger partial charge in [-0.15, -0.1) is 0 Å². The molecule has 34 heavy (non-hydrogen) atoms. The summed E-state index contributed by atoms with van der Waals surface area (Å²) in [5, 5.41) is 7.84. The van der Waals surface area contributed by atoms with Gasteiger partial charge >= 0.3 is 0 Å². The third-order valence-corrected chi connectivity index (χ3v) is 5.71. The van der Waals surface area contributed by atoms with Crippen LogP contribution in [0.2, 0.25) is 5.02 Å². The molecule has 0 unspecified atom stereocenters. The Hall–Kier alpha value is -4.16. The van der Waals surface area contributed by atoms with E-state index in [0.717, 1.165) is 33.4 Å². The second-order valence-electron chi connectivity index (χ2n) is 7.85. The third-order valence-electron chi connectivity index (χ3n) is 5.47. The molecule has 6 nitrogen and oxygen atoms in total. The molecule has 0 bridgehead atoms. The second kappa shape index (κ2) is 9.77. The van der Waals surface area contributed by atoms with Crippen LogP contribution in [0.1, 0.15) is 5.56 Å². The van der Waals surface area contributed by atoms with E-state index < -0.39 is 0 Å². The molecule has 168 valence electrons. The molecule has 1 amide bonds. The van der Waals surface area contributed by atoms with Gasteiger partial charge in [-0.3, -0.25) is 4.79 Å². The van der Waals surface area contributed by atoms with Crippen molar-refractivity contribution in [2.45, 2.75) is 13.1 Å². The first-order valence-electron chi connectivity index (χ1n) is 10.9. The van der Waals surface area contributed by atoms with Gasteiger partial charge in [-0.1, -0.05) is 60.1 Å². The zero-order valence-electron chi connectivity index (χ0n) is 18.3. The lowest BCUT2D eigenvalue weighted by Gasteiger charge is -2.10. The van der Waals surface area contributed by atoms with Crippen molar-refractivity contribution >= 4 is 40.0 Å². The summed E-state index contributed by atoms with van der Waals surface area (Å²) in [6.07, 6.45) is 3.66. The van der Waals surface area contributed by atoms with E-state index in [0.29, 0.717) is 17.5 Å². The number of hydrogen-bond acceptors (Lipinski definition) is 4. The number of rotatable bonds is 7. The lowest BCUT2D eigenvalue weighted by molar-refractivity contribution is -0.121. The van der Waals surface area contributed by atoms with Crippen molar-refractivity contribution in [3.63, 3.8) is 0 Å². The highest BCUT2D eigenvalue weighted by Gasteiger charge is 2.12.